The van der Waals surface area contributed by atoms with Gasteiger partial charge in [-0.05, 0) is 56.1 Å². The number of methoxy groups -OCH3 is 2. The number of benzene rings is 1. The number of carbonyl (C=O) groups excluding carboxylic acids is 1. The van der Waals surface area contributed by atoms with Crippen molar-refractivity contribution in [3.05, 3.63) is 23.8 Å². The summed E-state index contributed by atoms with van der Waals surface area (Å²) in [5.41, 5.74) is 0.539. The summed E-state index contributed by atoms with van der Waals surface area (Å²) in [7, 11) is 3.14. The van der Waals surface area contributed by atoms with Crippen LogP contribution in [0.1, 0.15) is 43.0 Å². The van der Waals surface area contributed by atoms with E-state index >= 15 is 0 Å². The molecule has 0 heterocycles. The molecule has 4 heteroatoms. The van der Waals surface area contributed by atoms with Crippen LogP contribution in [-0.4, -0.2) is 26.2 Å². The zero-order chi connectivity index (χ0) is 15.7. The summed E-state index contributed by atoms with van der Waals surface area (Å²) in [5, 5.41) is 3.17. The van der Waals surface area contributed by atoms with Crippen molar-refractivity contribution >= 4 is 5.91 Å². The largest absolute Gasteiger partial charge is 0.493 e. The van der Waals surface area contributed by atoms with E-state index in [0.717, 1.165) is 11.8 Å². The van der Waals surface area contributed by atoms with Crippen molar-refractivity contribution in [2.75, 3.05) is 14.2 Å². The number of carbonyl (C=O) groups is 1. The summed E-state index contributed by atoms with van der Waals surface area (Å²) < 4.78 is 10.6. The summed E-state index contributed by atoms with van der Waals surface area (Å²) in [4.78, 5) is 12.6. The van der Waals surface area contributed by atoms with E-state index in [1.165, 1.54) is 25.7 Å². The maximum atomic E-state index is 12.6. The van der Waals surface area contributed by atoms with Crippen LogP contribution in [0.4, 0.5) is 0 Å². The van der Waals surface area contributed by atoms with Gasteiger partial charge in [0, 0.05) is 6.04 Å². The molecule has 2 bridgehead atoms. The average molecular weight is 303 g/mol. The number of hydrogen-bond donors (Lipinski definition) is 1. The molecule has 0 aromatic heterocycles. The number of ether oxygens (including phenoxy) is 2. The molecule has 1 amide bonds. The Bertz CT molecular complexity index is 557. The number of para-hydroxylation sites is 1. The Labute approximate surface area is 132 Å². The lowest BCUT2D eigenvalue weighted by Crippen LogP contribution is -2.40. The van der Waals surface area contributed by atoms with Crippen LogP contribution in [-0.2, 0) is 0 Å². The van der Waals surface area contributed by atoms with Gasteiger partial charge in [-0.15, -0.1) is 0 Å². The third-order valence-corrected chi connectivity index (χ3v) is 5.44. The number of nitrogens with one attached hydrogen (secondary N) is 1. The molecule has 22 heavy (non-hydrogen) atoms. The monoisotopic (exact) mass is 303 g/mol. The third kappa shape index (κ3) is 2.67. The second-order valence-electron chi connectivity index (χ2n) is 6.64. The van der Waals surface area contributed by atoms with Crippen molar-refractivity contribution < 1.29 is 14.3 Å². The average Bonchev–Trinajstić information content (AvgIpc) is 3.16. The van der Waals surface area contributed by atoms with E-state index in [9.17, 15) is 4.79 Å². The smallest absolute Gasteiger partial charge is 0.255 e. The first-order valence-electron chi connectivity index (χ1n) is 8.16. The van der Waals surface area contributed by atoms with Gasteiger partial charge in [0.2, 0.25) is 0 Å². The number of amides is 1. The molecule has 4 nitrogen and oxygen atoms in total. The van der Waals surface area contributed by atoms with Crippen molar-refractivity contribution in [2.45, 2.75) is 38.6 Å². The molecule has 1 aromatic rings. The van der Waals surface area contributed by atoms with Gasteiger partial charge in [-0.25, -0.2) is 0 Å². The molecule has 2 aliphatic carbocycles. The van der Waals surface area contributed by atoms with Gasteiger partial charge < -0.3 is 14.8 Å². The minimum atomic E-state index is -0.0778. The van der Waals surface area contributed by atoms with Crippen LogP contribution in [0.5, 0.6) is 11.5 Å². The minimum Gasteiger partial charge on any atom is -0.493 e. The molecule has 2 aliphatic rings. The van der Waals surface area contributed by atoms with E-state index in [0.29, 0.717) is 23.0 Å². The fourth-order valence-corrected chi connectivity index (χ4v) is 4.36. The molecule has 3 rings (SSSR count). The van der Waals surface area contributed by atoms with Crippen LogP contribution in [0.25, 0.3) is 0 Å². The molecule has 4 atom stereocenters. The Morgan fingerprint density at radius 3 is 2.64 bits per heavy atom. The van der Waals surface area contributed by atoms with Gasteiger partial charge in [-0.3, -0.25) is 4.79 Å². The van der Waals surface area contributed by atoms with Crippen LogP contribution < -0.4 is 14.8 Å². The highest BCUT2D eigenvalue weighted by molar-refractivity contribution is 5.98. The first kappa shape index (κ1) is 15.2. The standard InChI is InChI=1S/C18H25NO3/c1-11(15-10-12-7-8-13(15)9-12)19-18(20)14-5-4-6-16(21-2)17(14)22-3/h4-6,11-13,15H,7-10H2,1-3H3,(H,19,20)/t11-,12-,13-,15-/m0/s1. The summed E-state index contributed by atoms with van der Waals surface area (Å²) in [5.74, 6) is 3.32. The van der Waals surface area contributed by atoms with Gasteiger partial charge in [0.25, 0.3) is 5.91 Å². The first-order valence-corrected chi connectivity index (χ1v) is 8.16. The van der Waals surface area contributed by atoms with Crippen molar-refractivity contribution in [3.63, 3.8) is 0 Å². The summed E-state index contributed by atoms with van der Waals surface area (Å²) in [6, 6.07) is 5.61. The fourth-order valence-electron chi connectivity index (χ4n) is 4.36. The Kier molecular flexibility index (Phi) is 4.27. The van der Waals surface area contributed by atoms with Crippen molar-refractivity contribution in [1.82, 2.24) is 5.32 Å². The van der Waals surface area contributed by atoms with Gasteiger partial charge in [-0.2, -0.15) is 0 Å². The summed E-state index contributed by atoms with van der Waals surface area (Å²) in [6.07, 6.45) is 5.33. The van der Waals surface area contributed by atoms with E-state index in [-0.39, 0.29) is 11.9 Å². The van der Waals surface area contributed by atoms with E-state index in [4.69, 9.17) is 9.47 Å². The first-order chi connectivity index (χ1) is 10.6. The van der Waals surface area contributed by atoms with Crippen LogP contribution in [0.15, 0.2) is 18.2 Å². The quantitative estimate of drug-likeness (QED) is 0.908. The van der Waals surface area contributed by atoms with Crippen molar-refractivity contribution in [3.8, 4) is 11.5 Å². The van der Waals surface area contributed by atoms with Crippen LogP contribution >= 0.6 is 0 Å². The van der Waals surface area contributed by atoms with Gasteiger partial charge in [-0.1, -0.05) is 12.5 Å². The molecule has 0 spiro atoms. The maximum Gasteiger partial charge on any atom is 0.255 e. The number of rotatable bonds is 5. The predicted octanol–water partition coefficient (Wildman–Crippen LogP) is 3.26. The summed E-state index contributed by atoms with van der Waals surface area (Å²) >= 11 is 0. The molecule has 0 saturated heterocycles. The molecule has 0 radical (unpaired) electrons. The fraction of sp³-hybridized carbons (Fsp3) is 0.611. The molecule has 1 aromatic carbocycles. The molecule has 1 N–H and O–H groups in total. The normalized spacial score (nSPS) is 27.5. The molecule has 2 fully saturated rings. The maximum absolute atomic E-state index is 12.6. The van der Waals surface area contributed by atoms with E-state index < -0.39 is 0 Å². The second-order valence-corrected chi connectivity index (χ2v) is 6.64. The van der Waals surface area contributed by atoms with Gasteiger partial charge >= 0.3 is 0 Å². The highest BCUT2D eigenvalue weighted by Crippen LogP contribution is 2.49. The number of fused-ring (bicyclic) bond motifs is 2. The number of hydrogen-bond acceptors (Lipinski definition) is 3. The lowest BCUT2D eigenvalue weighted by molar-refractivity contribution is 0.0911. The zero-order valence-electron chi connectivity index (χ0n) is 13.6. The second kappa shape index (κ2) is 6.19. The SMILES string of the molecule is COc1cccc(C(=O)N[C@@H](C)[C@@H]2C[C@H]3CC[C@H]2C3)c1OC. The molecular weight excluding hydrogens is 278 g/mol. The predicted molar refractivity (Wildman–Crippen MR) is 85.4 cm³/mol. The molecule has 2 saturated carbocycles. The topological polar surface area (TPSA) is 47.6 Å². The van der Waals surface area contributed by atoms with E-state index in [1.54, 1.807) is 26.4 Å². The Balaban J connectivity index is 1.72. The van der Waals surface area contributed by atoms with Crippen LogP contribution in [0, 0.1) is 17.8 Å². The Morgan fingerprint density at radius 1 is 1.23 bits per heavy atom. The highest BCUT2D eigenvalue weighted by Gasteiger charge is 2.42. The van der Waals surface area contributed by atoms with Crippen molar-refractivity contribution in [1.29, 1.82) is 0 Å². The molecule has 0 unspecified atom stereocenters. The van der Waals surface area contributed by atoms with Crippen LogP contribution in [0.3, 0.4) is 0 Å². The Hall–Kier alpha value is -1.71. The van der Waals surface area contributed by atoms with Gasteiger partial charge in [0.15, 0.2) is 11.5 Å². The van der Waals surface area contributed by atoms with Gasteiger partial charge in [0.1, 0.15) is 0 Å². The lowest BCUT2D eigenvalue weighted by Gasteiger charge is -2.28. The molecule has 120 valence electrons. The van der Waals surface area contributed by atoms with E-state index in [2.05, 4.69) is 12.2 Å². The van der Waals surface area contributed by atoms with E-state index in [1.807, 2.05) is 6.07 Å². The minimum absolute atomic E-state index is 0.0778. The lowest BCUT2D eigenvalue weighted by atomic mass is 9.84. The van der Waals surface area contributed by atoms with Crippen molar-refractivity contribution in [2.24, 2.45) is 17.8 Å². The van der Waals surface area contributed by atoms with Crippen LogP contribution in [0.2, 0.25) is 0 Å². The Morgan fingerprint density at radius 2 is 2.05 bits per heavy atom. The van der Waals surface area contributed by atoms with Gasteiger partial charge in [0.05, 0.1) is 19.8 Å². The third-order valence-electron chi connectivity index (χ3n) is 5.44. The molecular formula is C18H25NO3. The molecule has 0 aliphatic heterocycles. The highest BCUT2D eigenvalue weighted by atomic mass is 16.5. The zero-order valence-corrected chi connectivity index (χ0v) is 13.6. The summed E-state index contributed by atoms with van der Waals surface area (Å²) in [6.45, 7) is 2.13.